The molecule has 13 heteroatoms. The van der Waals surface area contributed by atoms with Crippen molar-refractivity contribution in [1.29, 1.82) is 0 Å². The Balaban J connectivity index is 1.10. The van der Waals surface area contributed by atoms with Crippen LogP contribution in [0.15, 0.2) is 85.5 Å². The Morgan fingerprint density at radius 3 is 2.30 bits per heavy atom. The molecule has 0 spiro atoms. The Morgan fingerprint density at radius 1 is 1.00 bits per heavy atom. The lowest BCUT2D eigenvalue weighted by molar-refractivity contribution is -0.212. The van der Waals surface area contributed by atoms with Crippen molar-refractivity contribution in [2.45, 2.75) is 89.0 Å². The van der Waals surface area contributed by atoms with Gasteiger partial charge in [-0.25, -0.2) is 9.37 Å². The number of amides is 2. The van der Waals surface area contributed by atoms with Crippen molar-refractivity contribution in [2.24, 2.45) is 11.8 Å². The molecule has 3 aromatic carbocycles. The number of benzene rings is 3. The highest BCUT2D eigenvalue weighted by molar-refractivity contribution is 6.03. The number of anilines is 1. The average Bonchev–Trinajstić information content (AvgIpc) is 3.67. The fourth-order valence-corrected chi connectivity index (χ4v) is 7.22. The molecular weight excluding hydrogens is 693 g/mol. The van der Waals surface area contributed by atoms with E-state index in [1.807, 2.05) is 29.2 Å². The third-order valence-electron chi connectivity index (χ3n) is 10.6. The minimum atomic E-state index is -1.67. The molecule has 0 aliphatic carbocycles. The number of hydrogen-bond acceptors (Lipinski definition) is 9. The van der Waals surface area contributed by atoms with E-state index in [0.717, 1.165) is 41.8 Å². The number of halogens is 1. The predicted molar refractivity (Wildman–Crippen MR) is 198 cm³/mol. The number of hydrogen-bond donors (Lipinski definition) is 4. The van der Waals surface area contributed by atoms with Crippen LogP contribution in [-0.2, 0) is 38.4 Å². The Labute approximate surface area is 314 Å². The van der Waals surface area contributed by atoms with Crippen LogP contribution in [-0.4, -0.2) is 79.7 Å². The molecule has 4 atom stereocenters. The third kappa shape index (κ3) is 9.57. The lowest BCUT2D eigenvalue weighted by Gasteiger charge is -2.48. The summed E-state index contributed by atoms with van der Waals surface area (Å²) in [6.07, 6.45) is 4.63. The van der Waals surface area contributed by atoms with Gasteiger partial charge in [0.05, 0.1) is 37.3 Å². The first-order valence-electron chi connectivity index (χ1n) is 18.7. The van der Waals surface area contributed by atoms with Gasteiger partial charge in [-0.1, -0.05) is 62.4 Å². The lowest BCUT2D eigenvalue weighted by Crippen LogP contribution is -2.55. The largest absolute Gasteiger partial charge is 0.388 e. The maximum Gasteiger partial charge on any atom is 0.246 e. The summed E-state index contributed by atoms with van der Waals surface area (Å²) in [7, 11) is 0. The molecule has 288 valence electrons. The van der Waals surface area contributed by atoms with Crippen molar-refractivity contribution < 1.29 is 38.8 Å². The topological polar surface area (TPSA) is 159 Å². The molecule has 54 heavy (non-hydrogen) atoms. The van der Waals surface area contributed by atoms with Crippen LogP contribution in [0.25, 0.3) is 0 Å². The number of nitrogens with zero attached hydrogens (tertiary/aromatic N) is 4. The summed E-state index contributed by atoms with van der Waals surface area (Å²) < 4.78 is 26.8. The fourth-order valence-electron chi connectivity index (χ4n) is 7.22. The van der Waals surface area contributed by atoms with E-state index < -0.39 is 29.9 Å². The Kier molecular flexibility index (Phi) is 12.9. The number of aliphatic hydroxyl groups excluding tert-OH is 2. The number of aryl methyl sites for hydroxylation is 3. The van der Waals surface area contributed by atoms with Gasteiger partial charge in [0.25, 0.3) is 0 Å². The number of aromatic nitrogens is 3. The smallest absolute Gasteiger partial charge is 0.246 e. The van der Waals surface area contributed by atoms with E-state index in [0.29, 0.717) is 44.5 Å². The van der Waals surface area contributed by atoms with Crippen LogP contribution in [0.1, 0.15) is 73.9 Å². The van der Waals surface area contributed by atoms with Gasteiger partial charge in [-0.2, -0.15) is 5.10 Å². The molecule has 2 aliphatic heterocycles. The first kappa shape index (κ1) is 39.2. The molecule has 0 saturated carbocycles. The molecule has 12 nitrogen and oxygen atoms in total. The summed E-state index contributed by atoms with van der Waals surface area (Å²) >= 11 is 0. The van der Waals surface area contributed by atoms with E-state index in [-0.39, 0.29) is 36.2 Å². The van der Waals surface area contributed by atoms with Gasteiger partial charge in [0.15, 0.2) is 6.29 Å². The van der Waals surface area contributed by atoms with Gasteiger partial charge in [-0.3, -0.25) is 14.3 Å². The van der Waals surface area contributed by atoms with Crippen LogP contribution in [0.2, 0.25) is 0 Å². The minimum Gasteiger partial charge on any atom is -0.388 e. The second-order valence-corrected chi connectivity index (χ2v) is 14.8. The van der Waals surface area contributed by atoms with Gasteiger partial charge in [0.2, 0.25) is 11.8 Å². The van der Waals surface area contributed by atoms with Crippen molar-refractivity contribution in [3.63, 3.8) is 0 Å². The van der Waals surface area contributed by atoms with Crippen LogP contribution in [0.3, 0.4) is 0 Å². The van der Waals surface area contributed by atoms with Gasteiger partial charge in [0, 0.05) is 12.2 Å². The third-order valence-corrected chi connectivity index (χ3v) is 10.6. The number of aliphatic hydroxyl groups is 3. The number of carbonyl (C=O) groups excluding carboxylic acids is 2. The molecule has 4 unspecified atom stereocenters. The standard InChI is InChI=1S/C41H50FN5O7/c1-27(2)37(40(51)52)45-36(49)22-54-41(23-53-24-41)20-19-29-5-9-31(10-6-29)38-34(17-18-35(48)30-11-13-32(42)14-12-30)39(50)47(38)33-15-7-28(8-16-33)4-3-21-46-26-43-25-44-46/h5-16,25-27,34-35,37-38,40,48,51-52H,3-4,17-24H2,1-2H3,(H,45,49). The zero-order valence-electron chi connectivity index (χ0n) is 30.8. The van der Waals surface area contributed by atoms with E-state index in [1.54, 1.807) is 37.0 Å². The van der Waals surface area contributed by atoms with Gasteiger partial charge < -0.3 is 35.0 Å². The highest BCUT2D eigenvalue weighted by Gasteiger charge is 2.48. The molecule has 2 amide bonds. The van der Waals surface area contributed by atoms with Gasteiger partial charge in [-0.15, -0.1) is 0 Å². The van der Waals surface area contributed by atoms with Crippen LogP contribution in [0, 0.1) is 17.7 Å². The maximum absolute atomic E-state index is 13.8. The van der Waals surface area contributed by atoms with Crippen LogP contribution in [0.5, 0.6) is 0 Å². The Morgan fingerprint density at radius 2 is 1.69 bits per heavy atom. The lowest BCUT2D eigenvalue weighted by atomic mass is 9.78. The van der Waals surface area contributed by atoms with Crippen LogP contribution >= 0.6 is 0 Å². The second-order valence-electron chi connectivity index (χ2n) is 14.8. The fraction of sp³-hybridized carbons (Fsp3) is 0.463. The number of β-lactam (4-membered cyclic amide) rings is 1. The molecule has 3 heterocycles. The summed E-state index contributed by atoms with van der Waals surface area (Å²) in [5.74, 6) is -1.30. The quantitative estimate of drug-likeness (QED) is 0.0805. The Hall–Kier alpha value is -4.53. The molecular formula is C41H50FN5O7. The number of ether oxygens (including phenoxy) is 2. The highest BCUT2D eigenvalue weighted by atomic mass is 19.1. The van der Waals surface area contributed by atoms with Crippen molar-refractivity contribution in [3.8, 4) is 0 Å². The summed E-state index contributed by atoms with van der Waals surface area (Å²) in [6, 6.07) is 21.1. The normalized spacial score (nSPS) is 19.0. The average molecular weight is 744 g/mol. The highest BCUT2D eigenvalue weighted by Crippen LogP contribution is 2.46. The summed E-state index contributed by atoms with van der Waals surface area (Å²) in [4.78, 5) is 32.2. The SMILES string of the molecule is CC(C)C(NC(=O)COC1(CCc2ccc(C3C(CCC(O)c4ccc(F)cc4)C(=O)N3c3ccc(CCCn4cncn4)cc3)cc2)COC1)C(O)O. The monoisotopic (exact) mass is 743 g/mol. The molecule has 1 aromatic heterocycles. The summed E-state index contributed by atoms with van der Waals surface area (Å²) in [6.45, 7) is 4.86. The van der Waals surface area contributed by atoms with E-state index in [1.165, 1.54) is 18.5 Å². The first-order chi connectivity index (χ1) is 26.0. The number of nitrogens with one attached hydrogen (secondary N) is 1. The van der Waals surface area contributed by atoms with Crippen molar-refractivity contribution in [1.82, 2.24) is 20.1 Å². The molecule has 2 fully saturated rings. The Bertz CT molecular complexity index is 1790. The molecule has 0 bridgehead atoms. The first-order valence-corrected chi connectivity index (χ1v) is 18.7. The van der Waals surface area contributed by atoms with Crippen molar-refractivity contribution in [3.05, 3.63) is 114 Å². The maximum atomic E-state index is 13.8. The summed E-state index contributed by atoms with van der Waals surface area (Å²) in [5.41, 5.74) is 4.02. The number of rotatable bonds is 19. The summed E-state index contributed by atoms with van der Waals surface area (Å²) in [5, 5.41) is 36.9. The number of carbonyl (C=O) groups is 2. The van der Waals surface area contributed by atoms with Gasteiger partial charge in [-0.05, 0) is 91.0 Å². The molecule has 2 saturated heterocycles. The molecule has 4 N–H and O–H groups in total. The predicted octanol–water partition coefficient (Wildman–Crippen LogP) is 4.44. The second kappa shape index (κ2) is 17.7. The van der Waals surface area contributed by atoms with E-state index in [2.05, 4.69) is 39.7 Å². The zero-order valence-corrected chi connectivity index (χ0v) is 30.8. The molecule has 2 aliphatic rings. The van der Waals surface area contributed by atoms with Crippen LogP contribution in [0.4, 0.5) is 10.1 Å². The van der Waals surface area contributed by atoms with Crippen molar-refractivity contribution in [2.75, 3.05) is 24.7 Å². The van der Waals surface area contributed by atoms with Gasteiger partial charge in [0.1, 0.15) is 30.7 Å². The van der Waals surface area contributed by atoms with E-state index in [4.69, 9.17) is 9.47 Å². The van der Waals surface area contributed by atoms with Gasteiger partial charge >= 0.3 is 0 Å². The van der Waals surface area contributed by atoms with Crippen LogP contribution < -0.4 is 10.2 Å². The minimum absolute atomic E-state index is 0.00404. The van der Waals surface area contributed by atoms with Crippen molar-refractivity contribution >= 4 is 17.5 Å². The van der Waals surface area contributed by atoms with E-state index >= 15 is 0 Å². The van der Waals surface area contributed by atoms with E-state index in [9.17, 15) is 29.3 Å². The zero-order chi connectivity index (χ0) is 38.2. The molecule has 4 aromatic rings. The molecule has 6 rings (SSSR count). The molecule has 0 radical (unpaired) electrons.